The number of carbonyl (C=O) groups is 1. The molecule has 7 heteroatoms. The maximum Gasteiger partial charge on any atom is 0.272 e. The molecule has 1 saturated carbocycles. The lowest BCUT2D eigenvalue weighted by Gasteiger charge is -2.37. The van der Waals surface area contributed by atoms with Gasteiger partial charge in [0.1, 0.15) is 5.82 Å². The van der Waals surface area contributed by atoms with E-state index in [0.717, 1.165) is 37.5 Å². The Morgan fingerprint density at radius 3 is 2.65 bits per heavy atom. The third-order valence-corrected chi connectivity index (χ3v) is 3.66. The molecule has 0 N–H and O–H groups in total. The van der Waals surface area contributed by atoms with Crippen LogP contribution in [0.1, 0.15) is 29.6 Å². The van der Waals surface area contributed by atoms with Crippen LogP contribution in [0.3, 0.4) is 0 Å². The fourth-order valence-electron chi connectivity index (χ4n) is 2.19. The van der Waals surface area contributed by atoms with E-state index in [9.17, 15) is 19.3 Å². The van der Waals surface area contributed by atoms with Crippen molar-refractivity contribution in [3.8, 4) is 0 Å². The number of hydrogen-bond acceptors (Lipinski definition) is 3. The van der Waals surface area contributed by atoms with Crippen molar-refractivity contribution in [1.29, 1.82) is 0 Å². The summed E-state index contributed by atoms with van der Waals surface area (Å²) in [6, 6.07) is 3.16. The summed E-state index contributed by atoms with van der Waals surface area (Å²) >= 11 is 5.68. The summed E-state index contributed by atoms with van der Waals surface area (Å²) in [5.74, 6) is -1.05. The van der Waals surface area contributed by atoms with E-state index in [4.69, 9.17) is 11.6 Å². The van der Waals surface area contributed by atoms with E-state index in [-0.39, 0.29) is 23.2 Å². The smallest absolute Gasteiger partial charge is 0.272 e. The molecule has 108 valence electrons. The molecule has 0 atom stereocenters. The molecule has 0 heterocycles. The van der Waals surface area contributed by atoms with E-state index < -0.39 is 16.6 Å². The van der Waals surface area contributed by atoms with Crippen molar-refractivity contribution in [2.24, 2.45) is 0 Å². The van der Waals surface area contributed by atoms with Gasteiger partial charge in [-0.3, -0.25) is 14.9 Å². The Morgan fingerprint density at radius 2 is 2.20 bits per heavy atom. The Balaban J connectivity index is 2.24. The Bertz CT molecular complexity index is 534. The predicted molar refractivity (Wildman–Crippen MR) is 72.4 cm³/mol. The summed E-state index contributed by atoms with van der Waals surface area (Å²) in [6.45, 7) is 0.349. The van der Waals surface area contributed by atoms with E-state index in [2.05, 4.69) is 0 Å². The van der Waals surface area contributed by atoms with E-state index in [1.54, 1.807) is 4.90 Å². The van der Waals surface area contributed by atoms with E-state index in [0.29, 0.717) is 6.54 Å². The number of alkyl halides is 1. The molecule has 1 amide bonds. The summed E-state index contributed by atoms with van der Waals surface area (Å²) in [7, 11) is 0. The average Bonchev–Trinajstić information content (AvgIpc) is 2.35. The molecule has 5 nitrogen and oxygen atoms in total. The van der Waals surface area contributed by atoms with Crippen LogP contribution in [0.4, 0.5) is 10.1 Å². The summed E-state index contributed by atoms with van der Waals surface area (Å²) in [5.41, 5.74) is -0.515. The van der Waals surface area contributed by atoms with Gasteiger partial charge in [-0.25, -0.2) is 4.39 Å². The Labute approximate surface area is 120 Å². The molecule has 1 aliphatic rings. The number of hydrogen-bond donors (Lipinski definition) is 0. The fraction of sp³-hybridized carbons (Fsp3) is 0.462. The second-order valence-electron chi connectivity index (χ2n) is 4.69. The van der Waals surface area contributed by atoms with Gasteiger partial charge < -0.3 is 4.90 Å². The molecular weight excluding hydrogens is 287 g/mol. The minimum absolute atomic E-state index is 0.0934. The standard InChI is InChI=1S/C13H14ClFN2O3/c14-6-7-16(9-2-1-3-9)13(18)11-5-4-10(17(19)20)8-12(11)15/h4-5,8-9H,1-3,6-7H2. The molecule has 2 rings (SSSR count). The van der Waals surface area contributed by atoms with Gasteiger partial charge in [0.05, 0.1) is 16.6 Å². The van der Waals surface area contributed by atoms with E-state index >= 15 is 0 Å². The normalized spacial score (nSPS) is 14.7. The number of rotatable bonds is 5. The third kappa shape index (κ3) is 2.90. The van der Waals surface area contributed by atoms with Gasteiger partial charge in [-0.05, 0) is 25.3 Å². The molecular formula is C13H14ClFN2O3. The average molecular weight is 301 g/mol. The number of nitro benzene ring substituents is 1. The van der Waals surface area contributed by atoms with Gasteiger partial charge in [-0.2, -0.15) is 0 Å². The van der Waals surface area contributed by atoms with Gasteiger partial charge in [0.15, 0.2) is 0 Å². The lowest BCUT2D eigenvalue weighted by atomic mass is 9.91. The minimum atomic E-state index is -0.872. The van der Waals surface area contributed by atoms with Crippen molar-refractivity contribution in [2.75, 3.05) is 12.4 Å². The molecule has 0 bridgehead atoms. The Hall–Kier alpha value is -1.69. The monoisotopic (exact) mass is 300 g/mol. The number of benzene rings is 1. The number of amides is 1. The minimum Gasteiger partial charge on any atom is -0.334 e. The number of halogens is 2. The summed E-state index contributed by atoms with van der Waals surface area (Å²) in [6.07, 6.45) is 2.81. The zero-order valence-corrected chi connectivity index (χ0v) is 11.5. The second-order valence-corrected chi connectivity index (χ2v) is 5.07. The lowest BCUT2D eigenvalue weighted by molar-refractivity contribution is -0.385. The molecule has 0 radical (unpaired) electrons. The molecule has 0 unspecified atom stereocenters. The second kappa shape index (κ2) is 6.17. The first-order valence-corrected chi connectivity index (χ1v) is 6.89. The van der Waals surface area contributed by atoms with Gasteiger partial charge in [0.25, 0.3) is 11.6 Å². The molecule has 0 aliphatic heterocycles. The first kappa shape index (κ1) is 14.7. The van der Waals surface area contributed by atoms with Crippen LogP contribution < -0.4 is 0 Å². The molecule has 1 aromatic rings. The van der Waals surface area contributed by atoms with Crippen LogP contribution in [0, 0.1) is 15.9 Å². The van der Waals surface area contributed by atoms with E-state index in [1.165, 1.54) is 0 Å². The Morgan fingerprint density at radius 1 is 1.50 bits per heavy atom. The summed E-state index contributed by atoms with van der Waals surface area (Å²) in [5, 5.41) is 10.6. The van der Waals surface area contributed by atoms with Crippen molar-refractivity contribution in [3.05, 3.63) is 39.7 Å². The zero-order valence-electron chi connectivity index (χ0n) is 10.7. The number of carbonyl (C=O) groups excluding carboxylic acids is 1. The molecule has 1 aliphatic carbocycles. The molecule has 0 saturated heterocycles. The van der Waals surface area contributed by atoms with Gasteiger partial charge in [0.2, 0.25) is 0 Å². The highest BCUT2D eigenvalue weighted by molar-refractivity contribution is 6.18. The predicted octanol–water partition coefficient (Wildman–Crippen LogP) is 2.97. The highest BCUT2D eigenvalue weighted by atomic mass is 35.5. The molecule has 1 aromatic carbocycles. The lowest BCUT2D eigenvalue weighted by Crippen LogP contribution is -2.45. The van der Waals surface area contributed by atoms with Gasteiger partial charge in [-0.15, -0.1) is 11.6 Å². The van der Waals surface area contributed by atoms with Crippen LogP contribution >= 0.6 is 11.6 Å². The first-order chi connectivity index (χ1) is 9.54. The molecule has 20 heavy (non-hydrogen) atoms. The molecule has 0 aromatic heterocycles. The number of non-ortho nitro benzene ring substituents is 1. The van der Waals surface area contributed by atoms with Crippen molar-refractivity contribution in [3.63, 3.8) is 0 Å². The van der Waals surface area contributed by atoms with Crippen molar-refractivity contribution in [1.82, 2.24) is 4.90 Å². The highest BCUT2D eigenvalue weighted by Gasteiger charge is 2.30. The van der Waals surface area contributed by atoms with Crippen LogP contribution in [0.25, 0.3) is 0 Å². The van der Waals surface area contributed by atoms with Crippen LogP contribution in [-0.4, -0.2) is 34.2 Å². The van der Waals surface area contributed by atoms with E-state index in [1.807, 2.05) is 0 Å². The van der Waals surface area contributed by atoms with Gasteiger partial charge in [-0.1, -0.05) is 0 Å². The largest absolute Gasteiger partial charge is 0.334 e. The highest BCUT2D eigenvalue weighted by Crippen LogP contribution is 2.27. The SMILES string of the molecule is O=C(c1ccc([N+](=O)[O-])cc1F)N(CCCl)C1CCC1. The first-order valence-electron chi connectivity index (χ1n) is 6.35. The molecule has 0 spiro atoms. The summed E-state index contributed by atoms with van der Waals surface area (Å²) < 4.78 is 13.9. The Kier molecular flexibility index (Phi) is 4.54. The van der Waals surface area contributed by atoms with Crippen molar-refractivity contribution < 1.29 is 14.1 Å². The van der Waals surface area contributed by atoms with Crippen LogP contribution in [0.15, 0.2) is 18.2 Å². The number of nitro groups is 1. The fourth-order valence-corrected chi connectivity index (χ4v) is 2.37. The van der Waals surface area contributed by atoms with Crippen LogP contribution in [0.2, 0.25) is 0 Å². The van der Waals surface area contributed by atoms with Gasteiger partial charge in [0, 0.05) is 24.5 Å². The maximum absolute atomic E-state index is 13.9. The van der Waals surface area contributed by atoms with Crippen LogP contribution in [0.5, 0.6) is 0 Å². The van der Waals surface area contributed by atoms with Crippen molar-refractivity contribution in [2.45, 2.75) is 25.3 Å². The summed E-state index contributed by atoms with van der Waals surface area (Å²) in [4.78, 5) is 23.8. The topological polar surface area (TPSA) is 63.4 Å². The number of nitrogens with zero attached hydrogens (tertiary/aromatic N) is 2. The van der Waals surface area contributed by atoms with Crippen molar-refractivity contribution >= 4 is 23.2 Å². The van der Waals surface area contributed by atoms with Crippen LogP contribution in [-0.2, 0) is 0 Å². The zero-order chi connectivity index (χ0) is 14.7. The molecule has 1 fully saturated rings. The third-order valence-electron chi connectivity index (χ3n) is 3.50. The maximum atomic E-state index is 13.9. The quantitative estimate of drug-likeness (QED) is 0.477. The van der Waals surface area contributed by atoms with Gasteiger partial charge >= 0.3 is 0 Å².